The van der Waals surface area contributed by atoms with Crippen molar-refractivity contribution in [3.8, 4) is 0 Å². The number of carbonyl (C=O) groups excluding carboxylic acids is 2. The molecule has 0 saturated carbocycles. The Kier molecular flexibility index (Phi) is 6.27. The zero-order valence-electron chi connectivity index (χ0n) is 15.8. The summed E-state index contributed by atoms with van der Waals surface area (Å²) in [5.74, 6) is 0.357. The molecule has 1 aromatic carbocycles. The van der Waals surface area contributed by atoms with Crippen molar-refractivity contribution in [2.45, 2.75) is 26.7 Å². The molecule has 6 nitrogen and oxygen atoms in total. The number of likely N-dealkylation sites (tertiary alicyclic amines) is 1. The quantitative estimate of drug-likeness (QED) is 0.891. The number of hydrogen-bond donors (Lipinski definition) is 1. The molecule has 2 saturated heterocycles. The summed E-state index contributed by atoms with van der Waals surface area (Å²) in [7, 11) is 0. The molecule has 26 heavy (non-hydrogen) atoms. The Morgan fingerprint density at radius 3 is 2.50 bits per heavy atom. The highest BCUT2D eigenvalue weighted by Crippen LogP contribution is 2.21. The van der Waals surface area contributed by atoms with Gasteiger partial charge in [-0.25, -0.2) is 0 Å². The van der Waals surface area contributed by atoms with Crippen LogP contribution in [0.5, 0.6) is 0 Å². The minimum absolute atomic E-state index is 0.0108. The molecular weight excluding hydrogens is 330 g/mol. The molecule has 2 aliphatic rings. The van der Waals surface area contributed by atoms with E-state index in [0.29, 0.717) is 32.8 Å². The summed E-state index contributed by atoms with van der Waals surface area (Å²) in [5, 5.41) is 3.01. The Balaban J connectivity index is 1.45. The van der Waals surface area contributed by atoms with Gasteiger partial charge in [-0.2, -0.15) is 0 Å². The van der Waals surface area contributed by atoms with E-state index >= 15 is 0 Å². The fourth-order valence-electron chi connectivity index (χ4n) is 3.64. The summed E-state index contributed by atoms with van der Waals surface area (Å²) >= 11 is 0. The van der Waals surface area contributed by atoms with E-state index < -0.39 is 0 Å². The van der Waals surface area contributed by atoms with Crippen molar-refractivity contribution in [2.24, 2.45) is 5.92 Å². The van der Waals surface area contributed by atoms with Crippen LogP contribution in [-0.2, 0) is 14.3 Å². The average Bonchev–Trinajstić information content (AvgIpc) is 2.65. The fourth-order valence-corrected chi connectivity index (χ4v) is 3.64. The first-order valence-electron chi connectivity index (χ1n) is 9.49. The largest absolute Gasteiger partial charge is 0.378 e. The van der Waals surface area contributed by atoms with E-state index in [-0.39, 0.29) is 17.7 Å². The van der Waals surface area contributed by atoms with Crippen molar-refractivity contribution in [1.29, 1.82) is 0 Å². The summed E-state index contributed by atoms with van der Waals surface area (Å²) in [6, 6.07) is 6.06. The average molecular weight is 359 g/mol. The van der Waals surface area contributed by atoms with Gasteiger partial charge in [0.25, 0.3) is 0 Å². The van der Waals surface area contributed by atoms with Crippen LogP contribution in [0.1, 0.15) is 24.0 Å². The van der Waals surface area contributed by atoms with E-state index in [9.17, 15) is 9.59 Å². The SMILES string of the molecule is Cc1ccc(C)c(NC(=O)CN2CCC(C(=O)N3CCOCC3)CC2)c1. The van der Waals surface area contributed by atoms with E-state index in [1.165, 1.54) is 0 Å². The van der Waals surface area contributed by atoms with Gasteiger partial charge < -0.3 is 15.0 Å². The molecule has 0 atom stereocenters. The van der Waals surface area contributed by atoms with E-state index in [1.54, 1.807) is 0 Å². The van der Waals surface area contributed by atoms with Crippen molar-refractivity contribution in [3.63, 3.8) is 0 Å². The maximum Gasteiger partial charge on any atom is 0.238 e. The van der Waals surface area contributed by atoms with Crippen molar-refractivity contribution < 1.29 is 14.3 Å². The molecule has 0 aliphatic carbocycles. The minimum Gasteiger partial charge on any atom is -0.378 e. The highest BCUT2D eigenvalue weighted by atomic mass is 16.5. The molecule has 2 fully saturated rings. The van der Waals surface area contributed by atoms with Gasteiger partial charge in [0.2, 0.25) is 11.8 Å². The lowest BCUT2D eigenvalue weighted by atomic mass is 9.95. The Labute approximate surface area is 155 Å². The monoisotopic (exact) mass is 359 g/mol. The number of amides is 2. The summed E-state index contributed by atoms with van der Waals surface area (Å²) in [5.41, 5.74) is 3.08. The maximum atomic E-state index is 12.6. The molecule has 142 valence electrons. The molecule has 3 rings (SSSR count). The van der Waals surface area contributed by atoms with Crippen LogP contribution < -0.4 is 5.32 Å². The number of nitrogens with one attached hydrogen (secondary N) is 1. The van der Waals surface area contributed by atoms with Crippen LogP contribution in [0, 0.1) is 19.8 Å². The predicted octanol–water partition coefficient (Wildman–Crippen LogP) is 1.81. The molecule has 2 aliphatic heterocycles. The first-order valence-corrected chi connectivity index (χ1v) is 9.49. The minimum atomic E-state index is 0.0108. The number of carbonyl (C=O) groups is 2. The van der Waals surface area contributed by atoms with E-state index in [0.717, 1.165) is 42.7 Å². The molecule has 2 heterocycles. The van der Waals surface area contributed by atoms with Gasteiger partial charge in [-0.3, -0.25) is 14.5 Å². The number of piperidine rings is 1. The standard InChI is InChI=1S/C20H29N3O3/c1-15-3-4-16(2)18(13-15)21-19(24)14-22-7-5-17(6-8-22)20(25)23-9-11-26-12-10-23/h3-4,13,17H,5-12,14H2,1-2H3,(H,21,24). The third-order valence-corrected chi connectivity index (χ3v) is 5.29. The first-order chi connectivity index (χ1) is 12.5. The van der Waals surface area contributed by atoms with Gasteiger partial charge in [0.15, 0.2) is 0 Å². The molecule has 0 spiro atoms. The Hall–Kier alpha value is -1.92. The number of aryl methyl sites for hydroxylation is 2. The topological polar surface area (TPSA) is 61.9 Å². The Bertz CT molecular complexity index is 648. The number of rotatable bonds is 4. The molecule has 0 aromatic heterocycles. The smallest absolute Gasteiger partial charge is 0.238 e. The number of hydrogen-bond acceptors (Lipinski definition) is 4. The number of ether oxygens (including phenoxy) is 1. The second-order valence-corrected chi connectivity index (χ2v) is 7.35. The highest BCUT2D eigenvalue weighted by Gasteiger charge is 2.29. The van der Waals surface area contributed by atoms with Crippen LogP contribution >= 0.6 is 0 Å². The zero-order valence-corrected chi connectivity index (χ0v) is 15.8. The number of nitrogens with zero attached hydrogens (tertiary/aromatic N) is 2. The van der Waals surface area contributed by atoms with Crippen LogP contribution in [0.15, 0.2) is 18.2 Å². The maximum absolute atomic E-state index is 12.6. The van der Waals surface area contributed by atoms with Gasteiger partial charge in [0.05, 0.1) is 19.8 Å². The van der Waals surface area contributed by atoms with Crippen LogP contribution in [0.3, 0.4) is 0 Å². The van der Waals surface area contributed by atoms with Crippen molar-refractivity contribution in [3.05, 3.63) is 29.3 Å². The molecule has 1 aromatic rings. The summed E-state index contributed by atoms with van der Waals surface area (Å²) < 4.78 is 5.32. The third kappa shape index (κ3) is 4.83. The molecule has 0 unspecified atom stereocenters. The van der Waals surface area contributed by atoms with Crippen LogP contribution in [0.2, 0.25) is 0 Å². The van der Waals surface area contributed by atoms with Gasteiger partial charge in [-0.05, 0) is 57.0 Å². The number of benzene rings is 1. The van der Waals surface area contributed by atoms with Gasteiger partial charge in [0, 0.05) is 24.7 Å². The van der Waals surface area contributed by atoms with Crippen molar-refractivity contribution >= 4 is 17.5 Å². The van der Waals surface area contributed by atoms with Gasteiger partial charge in [-0.1, -0.05) is 12.1 Å². The fraction of sp³-hybridized carbons (Fsp3) is 0.600. The normalized spacial score (nSPS) is 19.4. The molecular formula is C20H29N3O3. The predicted molar refractivity (Wildman–Crippen MR) is 101 cm³/mol. The lowest BCUT2D eigenvalue weighted by Gasteiger charge is -2.35. The third-order valence-electron chi connectivity index (χ3n) is 5.29. The zero-order chi connectivity index (χ0) is 18.5. The summed E-state index contributed by atoms with van der Waals surface area (Å²) in [6.45, 7) is 8.68. The van der Waals surface area contributed by atoms with E-state index in [2.05, 4.69) is 10.2 Å². The Morgan fingerprint density at radius 2 is 1.81 bits per heavy atom. The molecule has 0 radical (unpaired) electrons. The van der Waals surface area contributed by atoms with Crippen LogP contribution in [0.4, 0.5) is 5.69 Å². The number of morpholine rings is 1. The van der Waals surface area contributed by atoms with Crippen molar-refractivity contribution in [2.75, 3.05) is 51.3 Å². The van der Waals surface area contributed by atoms with Crippen molar-refractivity contribution in [1.82, 2.24) is 9.80 Å². The van der Waals surface area contributed by atoms with Gasteiger partial charge in [-0.15, -0.1) is 0 Å². The lowest BCUT2D eigenvalue weighted by molar-refractivity contribution is -0.141. The molecule has 0 bridgehead atoms. The summed E-state index contributed by atoms with van der Waals surface area (Å²) in [4.78, 5) is 29.0. The number of anilines is 1. The lowest BCUT2D eigenvalue weighted by Crippen LogP contribution is -2.47. The molecule has 2 amide bonds. The molecule has 1 N–H and O–H groups in total. The van der Waals surface area contributed by atoms with E-state index in [1.807, 2.05) is 36.9 Å². The highest BCUT2D eigenvalue weighted by molar-refractivity contribution is 5.93. The van der Waals surface area contributed by atoms with Crippen LogP contribution in [-0.4, -0.2) is 67.6 Å². The molecule has 6 heteroatoms. The second kappa shape index (κ2) is 8.64. The second-order valence-electron chi connectivity index (χ2n) is 7.35. The van der Waals surface area contributed by atoms with Gasteiger partial charge >= 0.3 is 0 Å². The summed E-state index contributed by atoms with van der Waals surface area (Å²) in [6.07, 6.45) is 1.65. The Morgan fingerprint density at radius 1 is 1.12 bits per heavy atom. The van der Waals surface area contributed by atoms with E-state index in [4.69, 9.17) is 4.74 Å². The van der Waals surface area contributed by atoms with Gasteiger partial charge in [0.1, 0.15) is 0 Å². The first kappa shape index (κ1) is 18.9. The van der Waals surface area contributed by atoms with Crippen LogP contribution in [0.25, 0.3) is 0 Å².